The summed E-state index contributed by atoms with van der Waals surface area (Å²) < 4.78 is 5.61. The van der Waals surface area contributed by atoms with Crippen molar-refractivity contribution >= 4 is 17.8 Å². The van der Waals surface area contributed by atoms with E-state index in [1.807, 2.05) is 68.4 Å². The molecule has 6 heteroatoms. The molecule has 6 nitrogen and oxygen atoms in total. The number of anilines is 1. The van der Waals surface area contributed by atoms with Crippen molar-refractivity contribution < 1.29 is 9.53 Å². The minimum atomic E-state index is -0.282. The number of nitrogens with zero attached hydrogens (tertiary/aromatic N) is 4. The number of hydrogen-bond acceptors (Lipinski definition) is 5. The van der Waals surface area contributed by atoms with Crippen LogP contribution in [0.5, 0.6) is 0 Å². The molecule has 1 aromatic carbocycles. The van der Waals surface area contributed by atoms with E-state index in [4.69, 9.17) is 4.74 Å². The zero-order chi connectivity index (χ0) is 18.5. The first-order chi connectivity index (χ1) is 12.5. The van der Waals surface area contributed by atoms with E-state index in [9.17, 15) is 4.79 Å². The lowest BCUT2D eigenvalue weighted by molar-refractivity contribution is -0.135. The molecular formula is C20H24N4O2. The van der Waals surface area contributed by atoms with Gasteiger partial charge in [-0.15, -0.1) is 0 Å². The molecule has 3 rings (SSSR count). The fourth-order valence-corrected chi connectivity index (χ4v) is 2.86. The van der Waals surface area contributed by atoms with Crippen molar-refractivity contribution in [3.8, 4) is 0 Å². The molecule has 1 aliphatic heterocycles. The van der Waals surface area contributed by atoms with Crippen LogP contribution in [-0.4, -0.2) is 54.6 Å². The molecule has 1 aliphatic rings. The van der Waals surface area contributed by atoms with Gasteiger partial charge in [-0.25, -0.2) is 9.97 Å². The van der Waals surface area contributed by atoms with E-state index in [0.29, 0.717) is 25.6 Å². The number of benzene rings is 1. The summed E-state index contributed by atoms with van der Waals surface area (Å²) in [6.45, 7) is 3.38. The highest BCUT2D eigenvalue weighted by molar-refractivity contribution is 5.92. The van der Waals surface area contributed by atoms with Gasteiger partial charge in [0, 0.05) is 38.5 Å². The number of amides is 1. The van der Waals surface area contributed by atoms with Gasteiger partial charge in [-0.3, -0.25) is 4.79 Å². The predicted molar refractivity (Wildman–Crippen MR) is 102 cm³/mol. The molecule has 1 atom stereocenters. The van der Waals surface area contributed by atoms with E-state index in [1.165, 1.54) is 0 Å². The monoisotopic (exact) mass is 352 g/mol. The van der Waals surface area contributed by atoms with Crippen molar-refractivity contribution in [3.05, 3.63) is 59.6 Å². The summed E-state index contributed by atoms with van der Waals surface area (Å²) in [6, 6.07) is 11.4. The lowest BCUT2D eigenvalue weighted by atomic mass is 10.1. The normalized spacial score (nSPS) is 17.5. The standard InChI is InChI=1S/C20H24N4O2/c1-15-13-18(23(2)3)22-20(21-15)17-14-26-12-11-24(17)19(25)10-9-16-7-5-4-6-8-16/h4-10,13,17H,11-12,14H2,1-3H3/b10-9+/t17-/m1/s1. The Morgan fingerprint density at radius 1 is 1.27 bits per heavy atom. The largest absolute Gasteiger partial charge is 0.377 e. The summed E-state index contributed by atoms with van der Waals surface area (Å²) in [5, 5.41) is 0. The Kier molecular flexibility index (Phi) is 5.63. The maximum Gasteiger partial charge on any atom is 0.247 e. The first-order valence-corrected chi connectivity index (χ1v) is 8.69. The molecule has 0 unspecified atom stereocenters. The summed E-state index contributed by atoms with van der Waals surface area (Å²) in [4.78, 5) is 25.7. The minimum absolute atomic E-state index is 0.0568. The molecule has 0 saturated carbocycles. The van der Waals surface area contributed by atoms with Crippen LogP contribution in [0.4, 0.5) is 5.82 Å². The van der Waals surface area contributed by atoms with Crippen molar-refractivity contribution in [2.24, 2.45) is 0 Å². The van der Waals surface area contributed by atoms with E-state index in [0.717, 1.165) is 17.1 Å². The van der Waals surface area contributed by atoms with Crippen LogP contribution in [0.1, 0.15) is 23.1 Å². The van der Waals surface area contributed by atoms with Gasteiger partial charge in [-0.05, 0) is 18.6 Å². The molecule has 0 aliphatic carbocycles. The first-order valence-electron chi connectivity index (χ1n) is 8.69. The maximum absolute atomic E-state index is 12.8. The van der Waals surface area contributed by atoms with Crippen LogP contribution in [0.25, 0.3) is 6.08 Å². The van der Waals surface area contributed by atoms with Crippen LogP contribution in [0.15, 0.2) is 42.5 Å². The molecule has 1 aromatic heterocycles. The van der Waals surface area contributed by atoms with E-state index in [-0.39, 0.29) is 11.9 Å². The molecule has 0 spiro atoms. The third kappa shape index (κ3) is 4.26. The quantitative estimate of drug-likeness (QED) is 0.791. The molecule has 2 aromatic rings. The van der Waals surface area contributed by atoms with Crippen LogP contribution in [0, 0.1) is 6.92 Å². The van der Waals surface area contributed by atoms with Crippen LogP contribution in [-0.2, 0) is 9.53 Å². The molecule has 26 heavy (non-hydrogen) atoms. The Morgan fingerprint density at radius 2 is 2.04 bits per heavy atom. The number of carbonyl (C=O) groups excluding carboxylic acids is 1. The summed E-state index contributed by atoms with van der Waals surface area (Å²) in [6.07, 6.45) is 3.44. The van der Waals surface area contributed by atoms with Gasteiger partial charge < -0.3 is 14.5 Å². The first kappa shape index (κ1) is 18.1. The van der Waals surface area contributed by atoms with E-state index < -0.39 is 0 Å². The third-order valence-electron chi connectivity index (χ3n) is 4.24. The number of rotatable bonds is 4. The Labute approximate surface area is 154 Å². The summed E-state index contributed by atoms with van der Waals surface area (Å²) in [5.41, 5.74) is 1.86. The smallest absolute Gasteiger partial charge is 0.247 e. The van der Waals surface area contributed by atoms with Crippen molar-refractivity contribution in [1.29, 1.82) is 0 Å². The maximum atomic E-state index is 12.8. The molecule has 0 radical (unpaired) electrons. The number of carbonyl (C=O) groups is 1. The van der Waals surface area contributed by atoms with Gasteiger partial charge in [0.15, 0.2) is 5.82 Å². The van der Waals surface area contributed by atoms with Gasteiger partial charge >= 0.3 is 0 Å². The third-order valence-corrected chi connectivity index (χ3v) is 4.24. The van der Waals surface area contributed by atoms with Crippen molar-refractivity contribution in [2.45, 2.75) is 13.0 Å². The Balaban J connectivity index is 1.84. The SMILES string of the molecule is Cc1cc(N(C)C)nc([C@H]2COCCN2C(=O)/C=C/c2ccccc2)n1. The number of aryl methyl sites for hydroxylation is 1. The van der Waals surface area contributed by atoms with Gasteiger partial charge in [0.05, 0.1) is 13.2 Å². The van der Waals surface area contributed by atoms with Gasteiger partial charge in [0.1, 0.15) is 11.9 Å². The molecule has 1 amide bonds. The lowest BCUT2D eigenvalue weighted by Crippen LogP contribution is -2.43. The Hall–Kier alpha value is -2.73. The average molecular weight is 352 g/mol. The minimum Gasteiger partial charge on any atom is -0.377 e. The van der Waals surface area contributed by atoms with E-state index >= 15 is 0 Å². The number of hydrogen-bond donors (Lipinski definition) is 0. The lowest BCUT2D eigenvalue weighted by Gasteiger charge is -2.34. The fourth-order valence-electron chi connectivity index (χ4n) is 2.86. The zero-order valence-electron chi connectivity index (χ0n) is 15.4. The number of morpholine rings is 1. The molecule has 0 bridgehead atoms. The summed E-state index contributed by atoms with van der Waals surface area (Å²) in [7, 11) is 3.88. The highest BCUT2D eigenvalue weighted by Gasteiger charge is 2.30. The molecule has 1 saturated heterocycles. The van der Waals surface area contributed by atoms with Crippen LogP contribution < -0.4 is 4.90 Å². The number of ether oxygens (including phenoxy) is 1. The Bertz CT molecular complexity index is 790. The zero-order valence-corrected chi connectivity index (χ0v) is 15.4. The van der Waals surface area contributed by atoms with Crippen molar-refractivity contribution in [2.75, 3.05) is 38.8 Å². The molecular weight excluding hydrogens is 328 g/mol. The number of aromatic nitrogens is 2. The van der Waals surface area contributed by atoms with Gasteiger partial charge in [-0.1, -0.05) is 30.3 Å². The van der Waals surface area contributed by atoms with Crippen LogP contribution >= 0.6 is 0 Å². The fraction of sp³-hybridized carbons (Fsp3) is 0.350. The van der Waals surface area contributed by atoms with E-state index in [1.54, 1.807) is 11.0 Å². The molecule has 1 fully saturated rings. The highest BCUT2D eigenvalue weighted by Crippen LogP contribution is 2.24. The average Bonchev–Trinajstić information content (AvgIpc) is 2.66. The topological polar surface area (TPSA) is 58.6 Å². The second-order valence-corrected chi connectivity index (χ2v) is 6.49. The van der Waals surface area contributed by atoms with Crippen LogP contribution in [0.2, 0.25) is 0 Å². The van der Waals surface area contributed by atoms with Gasteiger partial charge in [0.25, 0.3) is 0 Å². The Morgan fingerprint density at radius 3 is 2.77 bits per heavy atom. The second-order valence-electron chi connectivity index (χ2n) is 6.49. The van der Waals surface area contributed by atoms with Gasteiger partial charge in [-0.2, -0.15) is 0 Å². The summed E-state index contributed by atoms with van der Waals surface area (Å²) >= 11 is 0. The highest BCUT2D eigenvalue weighted by atomic mass is 16.5. The summed E-state index contributed by atoms with van der Waals surface area (Å²) in [5.74, 6) is 1.39. The molecule has 0 N–H and O–H groups in total. The second kappa shape index (κ2) is 8.10. The molecule has 136 valence electrons. The molecule has 2 heterocycles. The van der Waals surface area contributed by atoms with Crippen molar-refractivity contribution in [3.63, 3.8) is 0 Å². The van der Waals surface area contributed by atoms with E-state index in [2.05, 4.69) is 9.97 Å². The van der Waals surface area contributed by atoms with Gasteiger partial charge in [0.2, 0.25) is 5.91 Å². The van der Waals surface area contributed by atoms with Crippen LogP contribution in [0.3, 0.4) is 0 Å². The van der Waals surface area contributed by atoms with Crippen molar-refractivity contribution in [1.82, 2.24) is 14.9 Å². The predicted octanol–water partition coefficient (Wildman–Crippen LogP) is 2.46.